The third kappa shape index (κ3) is 2.93. The number of benzene rings is 2. The third-order valence-electron chi connectivity index (χ3n) is 3.99. The van der Waals surface area contributed by atoms with Crippen LogP contribution in [0.5, 0.6) is 5.75 Å². The van der Waals surface area contributed by atoms with Gasteiger partial charge in [-0.3, -0.25) is 4.79 Å². The largest absolute Gasteiger partial charge is 0.443 e. The molecule has 5 heteroatoms. The Morgan fingerprint density at radius 1 is 1.08 bits per heavy atom. The second-order valence-electron chi connectivity index (χ2n) is 5.92. The number of esters is 2. The first-order chi connectivity index (χ1) is 11.4. The standard InChI is InChI=1S/C19H16O5/c1-12(20)13-7-9-15(10-8-13)23-18(22)19(2)11-14-5-3-4-6-16(14)17(21)24-19/h3-10H,11H2,1-2H3/t19-/m0/s1. The average Bonchev–Trinajstić information content (AvgIpc) is 2.55. The molecule has 122 valence electrons. The second-order valence-corrected chi connectivity index (χ2v) is 5.92. The van der Waals surface area contributed by atoms with Gasteiger partial charge >= 0.3 is 11.9 Å². The summed E-state index contributed by atoms with van der Waals surface area (Å²) in [5, 5.41) is 0. The van der Waals surface area contributed by atoms with Crippen LogP contribution >= 0.6 is 0 Å². The molecule has 1 aliphatic heterocycles. The van der Waals surface area contributed by atoms with Crippen LogP contribution in [0.2, 0.25) is 0 Å². The van der Waals surface area contributed by atoms with Crippen molar-refractivity contribution in [3.63, 3.8) is 0 Å². The van der Waals surface area contributed by atoms with E-state index in [1.807, 2.05) is 6.07 Å². The zero-order valence-corrected chi connectivity index (χ0v) is 13.4. The van der Waals surface area contributed by atoms with Gasteiger partial charge in [-0.2, -0.15) is 0 Å². The van der Waals surface area contributed by atoms with Crippen LogP contribution in [-0.2, 0) is 16.0 Å². The molecule has 0 amide bonds. The summed E-state index contributed by atoms with van der Waals surface area (Å²) in [6, 6.07) is 13.3. The predicted molar refractivity (Wildman–Crippen MR) is 86.0 cm³/mol. The van der Waals surface area contributed by atoms with Crippen LogP contribution in [-0.4, -0.2) is 23.3 Å². The number of ketones is 1. The summed E-state index contributed by atoms with van der Waals surface area (Å²) in [5.74, 6) is -0.969. The minimum atomic E-state index is -1.38. The van der Waals surface area contributed by atoms with Gasteiger partial charge in [-0.15, -0.1) is 0 Å². The van der Waals surface area contributed by atoms with E-state index in [0.29, 0.717) is 16.9 Å². The molecule has 2 aromatic carbocycles. The van der Waals surface area contributed by atoms with Crippen molar-refractivity contribution in [3.05, 3.63) is 65.2 Å². The van der Waals surface area contributed by atoms with E-state index in [-0.39, 0.29) is 12.2 Å². The Balaban J connectivity index is 1.80. The fraction of sp³-hybridized carbons (Fsp3) is 0.211. The Kier molecular flexibility index (Phi) is 3.93. The molecule has 0 fully saturated rings. The quantitative estimate of drug-likeness (QED) is 0.493. The van der Waals surface area contributed by atoms with E-state index < -0.39 is 17.5 Å². The van der Waals surface area contributed by atoms with E-state index in [1.165, 1.54) is 26.0 Å². The number of carbonyl (C=O) groups excluding carboxylic acids is 3. The molecule has 0 radical (unpaired) electrons. The van der Waals surface area contributed by atoms with E-state index in [9.17, 15) is 14.4 Å². The van der Waals surface area contributed by atoms with E-state index in [2.05, 4.69) is 0 Å². The van der Waals surface area contributed by atoms with Crippen molar-refractivity contribution in [3.8, 4) is 5.75 Å². The molecule has 0 bridgehead atoms. The van der Waals surface area contributed by atoms with E-state index >= 15 is 0 Å². The van der Waals surface area contributed by atoms with Gasteiger partial charge in [0.1, 0.15) is 5.75 Å². The van der Waals surface area contributed by atoms with E-state index in [0.717, 1.165) is 5.56 Å². The second kappa shape index (κ2) is 5.92. The number of ether oxygens (including phenoxy) is 2. The fourth-order valence-corrected chi connectivity index (χ4v) is 2.62. The summed E-state index contributed by atoms with van der Waals surface area (Å²) >= 11 is 0. The number of hydrogen-bond donors (Lipinski definition) is 0. The summed E-state index contributed by atoms with van der Waals surface area (Å²) in [6.45, 7) is 2.99. The summed E-state index contributed by atoms with van der Waals surface area (Å²) in [4.78, 5) is 35.9. The predicted octanol–water partition coefficient (Wildman–Crippen LogP) is 2.97. The Labute approximate surface area is 139 Å². The lowest BCUT2D eigenvalue weighted by Gasteiger charge is -2.32. The number of carbonyl (C=O) groups is 3. The summed E-state index contributed by atoms with van der Waals surface area (Å²) in [7, 11) is 0. The molecular weight excluding hydrogens is 308 g/mol. The molecule has 3 rings (SSSR count). The topological polar surface area (TPSA) is 69.7 Å². The minimum absolute atomic E-state index is 0.0716. The smallest absolute Gasteiger partial charge is 0.356 e. The Morgan fingerprint density at radius 2 is 1.75 bits per heavy atom. The highest BCUT2D eigenvalue weighted by Crippen LogP contribution is 2.29. The maximum Gasteiger partial charge on any atom is 0.356 e. The van der Waals surface area contributed by atoms with Gasteiger partial charge in [-0.1, -0.05) is 18.2 Å². The van der Waals surface area contributed by atoms with Crippen LogP contribution in [0.4, 0.5) is 0 Å². The molecule has 0 aromatic heterocycles. The van der Waals surface area contributed by atoms with Crippen LogP contribution in [0.1, 0.15) is 40.1 Å². The van der Waals surface area contributed by atoms with Crippen molar-refractivity contribution in [2.45, 2.75) is 25.9 Å². The molecule has 1 heterocycles. The first-order valence-electron chi connectivity index (χ1n) is 7.53. The Morgan fingerprint density at radius 3 is 2.42 bits per heavy atom. The molecule has 24 heavy (non-hydrogen) atoms. The maximum atomic E-state index is 12.5. The molecule has 0 N–H and O–H groups in total. The lowest BCUT2D eigenvalue weighted by molar-refractivity contribution is -0.155. The van der Waals surface area contributed by atoms with Gasteiger partial charge in [-0.05, 0) is 49.7 Å². The number of cyclic esters (lactones) is 1. The summed E-state index contributed by atoms with van der Waals surface area (Å²) < 4.78 is 10.7. The van der Waals surface area contributed by atoms with Gasteiger partial charge in [0, 0.05) is 12.0 Å². The molecule has 0 spiro atoms. The molecule has 1 atom stereocenters. The highest BCUT2D eigenvalue weighted by molar-refractivity contribution is 5.97. The van der Waals surface area contributed by atoms with Gasteiger partial charge in [0.15, 0.2) is 5.78 Å². The van der Waals surface area contributed by atoms with Gasteiger partial charge in [-0.25, -0.2) is 9.59 Å². The minimum Gasteiger partial charge on any atom is -0.443 e. The lowest BCUT2D eigenvalue weighted by atomic mass is 9.90. The molecule has 0 unspecified atom stereocenters. The fourth-order valence-electron chi connectivity index (χ4n) is 2.62. The van der Waals surface area contributed by atoms with Crippen LogP contribution in [0.3, 0.4) is 0 Å². The van der Waals surface area contributed by atoms with Crippen LogP contribution in [0, 0.1) is 0 Å². The lowest BCUT2D eigenvalue weighted by Crippen LogP contribution is -2.48. The molecule has 0 aliphatic carbocycles. The third-order valence-corrected chi connectivity index (χ3v) is 3.99. The van der Waals surface area contributed by atoms with Crippen molar-refractivity contribution >= 4 is 17.7 Å². The SMILES string of the molecule is CC(=O)c1ccc(OC(=O)[C@]2(C)Cc3ccccc3C(=O)O2)cc1. The first-order valence-corrected chi connectivity index (χ1v) is 7.53. The van der Waals surface area contributed by atoms with Crippen molar-refractivity contribution in [1.29, 1.82) is 0 Å². The van der Waals surface area contributed by atoms with Crippen LogP contribution in [0.25, 0.3) is 0 Å². The highest BCUT2D eigenvalue weighted by atomic mass is 16.6. The molecule has 5 nitrogen and oxygen atoms in total. The zero-order valence-electron chi connectivity index (χ0n) is 13.4. The monoisotopic (exact) mass is 324 g/mol. The van der Waals surface area contributed by atoms with E-state index in [4.69, 9.17) is 9.47 Å². The van der Waals surface area contributed by atoms with Gasteiger partial charge in [0.25, 0.3) is 0 Å². The van der Waals surface area contributed by atoms with Crippen LogP contribution in [0.15, 0.2) is 48.5 Å². The molecule has 0 saturated carbocycles. The molecular formula is C19H16O5. The maximum absolute atomic E-state index is 12.5. The Hall–Kier alpha value is -2.95. The van der Waals surface area contributed by atoms with Crippen molar-refractivity contribution in [1.82, 2.24) is 0 Å². The van der Waals surface area contributed by atoms with Gasteiger partial charge < -0.3 is 9.47 Å². The zero-order chi connectivity index (χ0) is 17.3. The molecule has 0 saturated heterocycles. The molecule has 2 aromatic rings. The average molecular weight is 324 g/mol. The summed E-state index contributed by atoms with van der Waals surface area (Å²) in [5.41, 5.74) is 0.359. The Bertz CT molecular complexity index is 822. The number of hydrogen-bond acceptors (Lipinski definition) is 5. The molecule has 1 aliphatic rings. The van der Waals surface area contributed by atoms with Crippen LogP contribution < -0.4 is 4.74 Å². The number of fused-ring (bicyclic) bond motifs is 1. The first kappa shape index (κ1) is 15.9. The normalized spacial score (nSPS) is 19.2. The summed E-state index contributed by atoms with van der Waals surface area (Å²) in [6.07, 6.45) is 0.249. The van der Waals surface area contributed by atoms with Gasteiger partial charge in [0.05, 0.1) is 5.56 Å². The van der Waals surface area contributed by atoms with Crippen molar-refractivity contribution < 1.29 is 23.9 Å². The number of rotatable bonds is 3. The van der Waals surface area contributed by atoms with Crippen molar-refractivity contribution in [2.75, 3.05) is 0 Å². The highest BCUT2D eigenvalue weighted by Gasteiger charge is 2.44. The van der Waals surface area contributed by atoms with Crippen molar-refractivity contribution in [2.24, 2.45) is 0 Å². The van der Waals surface area contributed by atoms with E-state index in [1.54, 1.807) is 30.3 Å². The number of Topliss-reactive ketones (excluding diaryl/α,β-unsaturated/α-hetero) is 1. The van der Waals surface area contributed by atoms with Gasteiger partial charge in [0.2, 0.25) is 5.60 Å².